The van der Waals surface area contributed by atoms with E-state index in [1.54, 1.807) is 60.7 Å². The van der Waals surface area contributed by atoms with Gasteiger partial charge in [0.2, 0.25) is 11.8 Å². The van der Waals surface area contributed by atoms with Gasteiger partial charge in [0.25, 0.3) is 10.0 Å². The molecule has 4 rings (SSSR count). The maximum Gasteiger partial charge on any atom is 0.264 e. The highest BCUT2D eigenvalue weighted by Crippen LogP contribution is 2.29. The highest BCUT2D eigenvalue weighted by molar-refractivity contribution is 9.10. The molecule has 1 N–H and O–H groups in total. The first-order valence-electron chi connectivity index (χ1n) is 13.9. The molecule has 11 heteroatoms. The maximum atomic E-state index is 14.5. The van der Waals surface area contributed by atoms with Crippen molar-refractivity contribution in [2.75, 3.05) is 10.8 Å². The third kappa shape index (κ3) is 8.41. The normalized spacial score (nSPS) is 12.0. The predicted octanol–water partition coefficient (Wildman–Crippen LogP) is 7.12. The van der Waals surface area contributed by atoms with Crippen LogP contribution in [-0.4, -0.2) is 43.8 Å². The van der Waals surface area contributed by atoms with Gasteiger partial charge in [0.1, 0.15) is 12.6 Å². The van der Waals surface area contributed by atoms with E-state index in [1.165, 1.54) is 17.0 Å². The topological polar surface area (TPSA) is 86.8 Å². The van der Waals surface area contributed by atoms with E-state index in [0.29, 0.717) is 15.6 Å². The van der Waals surface area contributed by atoms with E-state index >= 15 is 0 Å². The minimum absolute atomic E-state index is 0.0230. The fourth-order valence-corrected chi connectivity index (χ4v) is 6.86. The Hall–Kier alpha value is -3.37. The molecule has 4 aromatic carbocycles. The van der Waals surface area contributed by atoms with Gasteiger partial charge in [0.05, 0.1) is 10.6 Å². The number of carbonyl (C=O) groups excluding carboxylic acids is 2. The number of benzene rings is 4. The summed E-state index contributed by atoms with van der Waals surface area (Å²) in [5.41, 5.74) is 1.55. The third-order valence-corrected chi connectivity index (χ3v) is 9.84. The molecule has 1 unspecified atom stereocenters. The van der Waals surface area contributed by atoms with Crippen LogP contribution in [0.5, 0.6) is 0 Å². The Balaban J connectivity index is 1.83. The number of rotatable bonds is 12. The standard InChI is InChI=1S/C33H32BrCl2N3O4S/c1-23(2)37-33(41)31(20-24-10-5-3-6-11-24)38(21-28-29(35)14-9-15-30(28)36)32(40)22-39(26-18-16-25(34)17-19-26)44(42,43)27-12-7-4-8-13-27/h3-19,23,31H,20-22H2,1-2H3,(H,37,41). The molecule has 0 aliphatic heterocycles. The van der Waals surface area contributed by atoms with Crippen LogP contribution in [0.3, 0.4) is 0 Å². The molecule has 2 amide bonds. The van der Waals surface area contributed by atoms with E-state index < -0.39 is 28.5 Å². The van der Waals surface area contributed by atoms with Crippen molar-refractivity contribution in [1.29, 1.82) is 0 Å². The first-order valence-corrected chi connectivity index (χ1v) is 16.9. The van der Waals surface area contributed by atoms with Gasteiger partial charge in [-0.05, 0) is 67.9 Å². The number of amides is 2. The van der Waals surface area contributed by atoms with Gasteiger partial charge in [-0.15, -0.1) is 0 Å². The van der Waals surface area contributed by atoms with Crippen LogP contribution >= 0.6 is 39.1 Å². The monoisotopic (exact) mass is 715 g/mol. The van der Waals surface area contributed by atoms with Gasteiger partial charge >= 0.3 is 0 Å². The molecule has 4 aromatic rings. The molecule has 0 radical (unpaired) electrons. The minimum atomic E-state index is -4.19. The van der Waals surface area contributed by atoms with Gasteiger partial charge < -0.3 is 10.2 Å². The Morgan fingerprint density at radius 2 is 1.39 bits per heavy atom. The SMILES string of the molecule is CC(C)NC(=O)C(Cc1ccccc1)N(Cc1c(Cl)cccc1Cl)C(=O)CN(c1ccc(Br)cc1)S(=O)(=O)c1ccccc1. The summed E-state index contributed by atoms with van der Waals surface area (Å²) in [5.74, 6) is -0.996. The predicted molar refractivity (Wildman–Crippen MR) is 179 cm³/mol. The Labute approximate surface area is 277 Å². The Bertz CT molecular complexity index is 1670. The molecule has 0 aromatic heterocycles. The molecule has 0 bridgehead atoms. The summed E-state index contributed by atoms with van der Waals surface area (Å²) in [4.78, 5) is 29.6. The van der Waals surface area contributed by atoms with Gasteiger partial charge in [-0.3, -0.25) is 13.9 Å². The molecule has 0 aliphatic rings. The molecular formula is C33H32BrCl2N3O4S. The highest BCUT2D eigenvalue weighted by atomic mass is 79.9. The van der Waals surface area contributed by atoms with E-state index in [4.69, 9.17) is 23.2 Å². The average Bonchev–Trinajstić information content (AvgIpc) is 3.00. The number of nitrogens with zero attached hydrogens (tertiary/aromatic N) is 2. The summed E-state index contributed by atoms with van der Waals surface area (Å²) in [5, 5.41) is 3.56. The molecule has 1 atom stereocenters. The van der Waals surface area contributed by atoms with Crippen molar-refractivity contribution >= 4 is 66.7 Å². The Kier molecular flexibility index (Phi) is 11.5. The molecule has 7 nitrogen and oxygen atoms in total. The second kappa shape index (κ2) is 15.1. The van der Waals surface area contributed by atoms with Crippen LogP contribution in [0.25, 0.3) is 0 Å². The van der Waals surface area contributed by atoms with Gasteiger partial charge in [-0.25, -0.2) is 8.42 Å². The number of sulfonamides is 1. The average molecular weight is 718 g/mol. The van der Waals surface area contributed by atoms with Gasteiger partial charge in [0.15, 0.2) is 0 Å². The lowest BCUT2D eigenvalue weighted by atomic mass is 10.0. The number of carbonyl (C=O) groups is 2. The second-order valence-corrected chi connectivity index (χ2v) is 14.0. The van der Waals surface area contributed by atoms with Gasteiger partial charge in [0, 0.05) is 39.1 Å². The van der Waals surface area contributed by atoms with Crippen LogP contribution in [0.2, 0.25) is 10.0 Å². The number of halogens is 3. The first-order chi connectivity index (χ1) is 21.0. The summed E-state index contributed by atoms with van der Waals surface area (Å²) in [6.45, 7) is 2.95. The second-order valence-electron chi connectivity index (χ2n) is 10.4. The van der Waals surface area contributed by atoms with Gasteiger partial charge in [-0.1, -0.05) is 93.7 Å². The van der Waals surface area contributed by atoms with Crippen LogP contribution in [0.1, 0.15) is 25.0 Å². The van der Waals surface area contributed by atoms with Crippen molar-refractivity contribution in [2.24, 2.45) is 0 Å². The van der Waals surface area contributed by atoms with Gasteiger partial charge in [-0.2, -0.15) is 0 Å². The summed E-state index contributed by atoms with van der Waals surface area (Å²) < 4.78 is 29.8. The molecule has 0 saturated heterocycles. The number of anilines is 1. The molecule has 230 valence electrons. The first kappa shape index (κ1) is 33.5. The zero-order valence-electron chi connectivity index (χ0n) is 24.2. The lowest BCUT2D eigenvalue weighted by Gasteiger charge is -2.34. The zero-order valence-corrected chi connectivity index (χ0v) is 28.1. The van der Waals surface area contributed by atoms with Crippen molar-refractivity contribution in [3.05, 3.63) is 129 Å². The van der Waals surface area contributed by atoms with Crippen LogP contribution < -0.4 is 9.62 Å². The summed E-state index contributed by atoms with van der Waals surface area (Å²) in [6, 6.07) is 27.6. The van der Waals surface area contributed by atoms with E-state index in [1.807, 2.05) is 44.2 Å². The Morgan fingerprint density at radius 1 is 0.818 bits per heavy atom. The number of hydrogen-bond donors (Lipinski definition) is 1. The molecule has 0 heterocycles. The van der Waals surface area contributed by atoms with Crippen molar-refractivity contribution in [3.63, 3.8) is 0 Å². The van der Waals surface area contributed by atoms with Crippen molar-refractivity contribution < 1.29 is 18.0 Å². The highest BCUT2D eigenvalue weighted by Gasteiger charge is 2.35. The zero-order chi connectivity index (χ0) is 31.9. The lowest BCUT2D eigenvalue weighted by Crippen LogP contribution is -2.54. The quantitative estimate of drug-likeness (QED) is 0.169. The molecular weight excluding hydrogens is 685 g/mol. The van der Waals surface area contributed by atoms with Crippen LogP contribution in [0.4, 0.5) is 5.69 Å². The minimum Gasteiger partial charge on any atom is -0.352 e. The largest absolute Gasteiger partial charge is 0.352 e. The van der Waals surface area contributed by atoms with Crippen molar-refractivity contribution in [2.45, 2.75) is 43.8 Å². The van der Waals surface area contributed by atoms with E-state index in [0.717, 1.165) is 14.3 Å². The number of nitrogens with one attached hydrogen (secondary N) is 1. The van der Waals surface area contributed by atoms with E-state index in [-0.39, 0.29) is 35.5 Å². The summed E-state index contributed by atoms with van der Waals surface area (Å²) in [7, 11) is -4.19. The van der Waals surface area contributed by atoms with Crippen LogP contribution in [-0.2, 0) is 32.6 Å². The van der Waals surface area contributed by atoms with Crippen LogP contribution in [0.15, 0.2) is 112 Å². The smallest absolute Gasteiger partial charge is 0.264 e. The number of hydrogen-bond acceptors (Lipinski definition) is 4. The molecule has 0 aliphatic carbocycles. The summed E-state index contributed by atoms with van der Waals surface area (Å²) in [6.07, 6.45) is 0.178. The molecule has 0 fully saturated rings. The molecule has 0 spiro atoms. The molecule has 44 heavy (non-hydrogen) atoms. The fraction of sp³-hybridized carbons (Fsp3) is 0.212. The van der Waals surface area contributed by atoms with Crippen molar-refractivity contribution in [1.82, 2.24) is 10.2 Å². The Morgan fingerprint density at radius 3 is 1.95 bits per heavy atom. The summed E-state index contributed by atoms with van der Waals surface area (Å²) >= 11 is 16.5. The lowest BCUT2D eigenvalue weighted by molar-refractivity contribution is -0.140. The third-order valence-electron chi connectivity index (χ3n) is 6.82. The van der Waals surface area contributed by atoms with Crippen molar-refractivity contribution in [3.8, 4) is 0 Å². The van der Waals surface area contributed by atoms with Crippen LogP contribution in [0, 0.1) is 0 Å². The maximum absolute atomic E-state index is 14.5. The fourth-order valence-electron chi connectivity index (χ4n) is 4.64. The van der Waals surface area contributed by atoms with E-state index in [2.05, 4.69) is 21.2 Å². The molecule has 0 saturated carbocycles. The van der Waals surface area contributed by atoms with E-state index in [9.17, 15) is 18.0 Å².